The molecule has 5 nitrogen and oxygen atoms in total. The minimum absolute atomic E-state index is 0.254. The Bertz CT molecular complexity index is 917. The van der Waals surface area contributed by atoms with Crippen molar-refractivity contribution in [3.05, 3.63) is 82.7 Å². The minimum atomic E-state index is -0.254. The number of nitrogens with zero attached hydrogens (tertiary/aromatic N) is 2. The Morgan fingerprint density at radius 1 is 0.962 bits per heavy atom. The first-order valence-corrected chi connectivity index (χ1v) is 8.52. The lowest BCUT2D eigenvalue weighted by molar-refractivity contribution is 0.102. The van der Waals surface area contributed by atoms with Crippen molar-refractivity contribution in [1.82, 2.24) is 9.97 Å². The van der Waals surface area contributed by atoms with E-state index in [4.69, 9.17) is 0 Å². The molecule has 1 amide bonds. The highest BCUT2D eigenvalue weighted by atomic mass is 16.1. The highest BCUT2D eigenvalue weighted by Gasteiger charge is 2.10. The molecule has 0 radical (unpaired) electrons. The van der Waals surface area contributed by atoms with E-state index in [9.17, 15) is 4.79 Å². The zero-order chi connectivity index (χ0) is 18.5. The molecule has 0 fully saturated rings. The van der Waals surface area contributed by atoms with Crippen LogP contribution in [0.25, 0.3) is 0 Å². The van der Waals surface area contributed by atoms with E-state index in [1.165, 1.54) is 5.56 Å². The van der Waals surface area contributed by atoms with E-state index >= 15 is 0 Å². The molecule has 0 saturated heterocycles. The fourth-order valence-corrected chi connectivity index (χ4v) is 2.82. The molecule has 1 heterocycles. The minimum Gasteiger partial charge on any atom is -0.350 e. The highest BCUT2D eigenvalue weighted by molar-refractivity contribution is 6.03. The smallest absolute Gasteiger partial charge is 0.274 e. The Morgan fingerprint density at radius 3 is 2.46 bits per heavy atom. The van der Waals surface area contributed by atoms with Gasteiger partial charge in [-0.2, -0.15) is 0 Å². The van der Waals surface area contributed by atoms with E-state index in [0.717, 1.165) is 22.4 Å². The molecule has 26 heavy (non-hydrogen) atoms. The Balaban J connectivity index is 1.69. The summed E-state index contributed by atoms with van der Waals surface area (Å²) in [7, 11) is 0. The predicted molar refractivity (Wildman–Crippen MR) is 104 cm³/mol. The van der Waals surface area contributed by atoms with Crippen molar-refractivity contribution >= 4 is 17.5 Å². The lowest BCUT2D eigenvalue weighted by Crippen LogP contribution is -2.15. The Morgan fingerprint density at radius 2 is 1.73 bits per heavy atom. The molecule has 5 heteroatoms. The normalized spacial score (nSPS) is 10.4. The number of aromatic nitrogens is 2. The van der Waals surface area contributed by atoms with Gasteiger partial charge in [0.05, 0.1) is 0 Å². The van der Waals surface area contributed by atoms with Gasteiger partial charge in [0, 0.05) is 18.4 Å². The van der Waals surface area contributed by atoms with Crippen LogP contribution >= 0.6 is 0 Å². The van der Waals surface area contributed by atoms with E-state index in [1.54, 1.807) is 12.3 Å². The lowest BCUT2D eigenvalue weighted by atomic mass is 10.1. The summed E-state index contributed by atoms with van der Waals surface area (Å²) in [6.07, 6.45) is 1.59. The van der Waals surface area contributed by atoms with E-state index in [2.05, 4.69) is 45.7 Å². The number of hydrogen-bond donors (Lipinski definition) is 2. The van der Waals surface area contributed by atoms with Gasteiger partial charge >= 0.3 is 0 Å². The van der Waals surface area contributed by atoms with Gasteiger partial charge in [-0.25, -0.2) is 9.97 Å². The summed E-state index contributed by atoms with van der Waals surface area (Å²) < 4.78 is 0. The van der Waals surface area contributed by atoms with Crippen LogP contribution in [0.1, 0.15) is 32.7 Å². The maximum atomic E-state index is 12.5. The van der Waals surface area contributed by atoms with Gasteiger partial charge in [0.1, 0.15) is 5.69 Å². The number of rotatable bonds is 5. The van der Waals surface area contributed by atoms with Crippen LogP contribution in [0.15, 0.2) is 54.7 Å². The van der Waals surface area contributed by atoms with Crippen molar-refractivity contribution in [2.24, 2.45) is 0 Å². The maximum absolute atomic E-state index is 12.5. The number of anilines is 2. The predicted octanol–water partition coefficient (Wildman–Crippen LogP) is 4.27. The van der Waals surface area contributed by atoms with E-state index in [1.807, 2.05) is 38.1 Å². The second kappa shape index (κ2) is 7.78. The molecule has 132 valence electrons. The molecule has 1 aromatic heterocycles. The molecule has 0 saturated carbocycles. The average molecular weight is 346 g/mol. The van der Waals surface area contributed by atoms with Crippen molar-refractivity contribution in [2.45, 2.75) is 27.3 Å². The van der Waals surface area contributed by atoms with Gasteiger partial charge in [-0.05, 0) is 55.7 Å². The van der Waals surface area contributed by atoms with Crippen LogP contribution in [0.3, 0.4) is 0 Å². The zero-order valence-corrected chi connectivity index (χ0v) is 15.2. The standard InChI is InChI=1S/C21H22N4O/c1-14-5-4-6-17(10-14)13-23-21-22-8-7-19(25-21)20(26)24-18-11-15(2)9-16(3)12-18/h4-12H,13H2,1-3H3,(H,24,26)(H,22,23,25). The van der Waals surface area contributed by atoms with Crippen molar-refractivity contribution < 1.29 is 4.79 Å². The van der Waals surface area contributed by atoms with E-state index < -0.39 is 0 Å². The third kappa shape index (κ3) is 4.66. The quantitative estimate of drug-likeness (QED) is 0.724. The van der Waals surface area contributed by atoms with E-state index in [0.29, 0.717) is 18.2 Å². The number of carbonyl (C=O) groups excluding carboxylic acids is 1. The van der Waals surface area contributed by atoms with Crippen LogP contribution in [-0.4, -0.2) is 15.9 Å². The topological polar surface area (TPSA) is 66.9 Å². The molecular formula is C21H22N4O. The summed E-state index contributed by atoms with van der Waals surface area (Å²) >= 11 is 0. The molecule has 2 aromatic carbocycles. The van der Waals surface area contributed by atoms with Crippen LogP contribution in [0, 0.1) is 20.8 Å². The average Bonchev–Trinajstić information content (AvgIpc) is 2.59. The van der Waals surface area contributed by atoms with Gasteiger partial charge in [-0.3, -0.25) is 4.79 Å². The Hall–Kier alpha value is -3.21. The molecule has 3 rings (SSSR count). The molecule has 0 unspecified atom stereocenters. The molecular weight excluding hydrogens is 324 g/mol. The third-order valence-corrected chi connectivity index (χ3v) is 3.90. The molecule has 3 aromatic rings. The first-order valence-electron chi connectivity index (χ1n) is 8.52. The van der Waals surface area contributed by atoms with Gasteiger partial charge in [0.2, 0.25) is 5.95 Å². The molecule has 2 N–H and O–H groups in total. The summed E-state index contributed by atoms with van der Waals surface area (Å²) in [6.45, 7) is 6.66. The Labute approximate surface area is 153 Å². The summed E-state index contributed by atoms with van der Waals surface area (Å²) in [5.41, 5.74) is 5.63. The molecule has 0 atom stereocenters. The first kappa shape index (κ1) is 17.6. The van der Waals surface area contributed by atoms with Gasteiger partial charge in [0.25, 0.3) is 5.91 Å². The largest absolute Gasteiger partial charge is 0.350 e. The number of aryl methyl sites for hydroxylation is 3. The van der Waals surface area contributed by atoms with Crippen LogP contribution in [0.4, 0.5) is 11.6 Å². The van der Waals surface area contributed by atoms with Crippen LogP contribution in [-0.2, 0) is 6.54 Å². The Kier molecular flexibility index (Phi) is 5.27. The van der Waals surface area contributed by atoms with E-state index in [-0.39, 0.29) is 5.91 Å². The second-order valence-electron chi connectivity index (χ2n) is 6.44. The monoisotopic (exact) mass is 346 g/mol. The first-order chi connectivity index (χ1) is 12.5. The van der Waals surface area contributed by atoms with Gasteiger partial charge < -0.3 is 10.6 Å². The van der Waals surface area contributed by atoms with Crippen LogP contribution in [0.2, 0.25) is 0 Å². The number of hydrogen-bond acceptors (Lipinski definition) is 4. The molecule has 0 bridgehead atoms. The van der Waals surface area contributed by atoms with Crippen molar-refractivity contribution in [1.29, 1.82) is 0 Å². The van der Waals surface area contributed by atoms with Crippen molar-refractivity contribution in [3.63, 3.8) is 0 Å². The number of carbonyl (C=O) groups is 1. The van der Waals surface area contributed by atoms with Crippen LogP contribution in [0.5, 0.6) is 0 Å². The van der Waals surface area contributed by atoms with Gasteiger partial charge in [-0.15, -0.1) is 0 Å². The van der Waals surface area contributed by atoms with Crippen LogP contribution < -0.4 is 10.6 Å². The fraction of sp³-hybridized carbons (Fsp3) is 0.190. The third-order valence-electron chi connectivity index (χ3n) is 3.90. The number of benzene rings is 2. The fourth-order valence-electron chi connectivity index (χ4n) is 2.82. The number of amides is 1. The molecule has 0 aliphatic carbocycles. The summed E-state index contributed by atoms with van der Waals surface area (Å²) in [5.74, 6) is 0.176. The van der Waals surface area contributed by atoms with Gasteiger partial charge in [-0.1, -0.05) is 35.9 Å². The molecule has 0 spiro atoms. The second-order valence-corrected chi connectivity index (χ2v) is 6.44. The van der Waals surface area contributed by atoms with Crippen molar-refractivity contribution in [3.8, 4) is 0 Å². The number of nitrogens with one attached hydrogen (secondary N) is 2. The molecule has 0 aliphatic heterocycles. The molecule has 0 aliphatic rings. The SMILES string of the molecule is Cc1cccc(CNc2nccc(C(=O)Nc3cc(C)cc(C)c3)n2)c1. The maximum Gasteiger partial charge on any atom is 0.274 e. The summed E-state index contributed by atoms with van der Waals surface area (Å²) in [4.78, 5) is 21.0. The summed E-state index contributed by atoms with van der Waals surface area (Å²) in [5, 5.41) is 6.05. The summed E-state index contributed by atoms with van der Waals surface area (Å²) in [6, 6.07) is 15.7. The lowest BCUT2D eigenvalue weighted by Gasteiger charge is -2.09. The highest BCUT2D eigenvalue weighted by Crippen LogP contribution is 2.15. The zero-order valence-electron chi connectivity index (χ0n) is 15.2. The van der Waals surface area contributed by atoms with Gasteiger partial charge in [0.15, 0.2) is 0 Å². The van der Waals surface area contributed by atoms with Crippen molar-refractivity contribution in [2.75, 3.05) is 10.6 Å².